The molecule has 0 aromatic carbocycles. The molecule has 0 amide bonds. The molecule has 0 heterocycles. The van der Waals surface area contributed by atoms with Crippen LogP contribution in [0, 0.1) is 5.92 Å². The Hall–Kier alpha value is -0.310. The summed E-state index contributed by atoms with van der Waals surface area (Å²) >= 11 is 4.02. The zero-order chi connectivity index (χ0) is 11.7. The third-order valence-corrected chi connectivity index (χ3v) is 1.46. The molecule has 0 spiro atoms. The van der Waals surface area contributed by atoms with Gasteiger partial charge < -0.3 is 4.79 Å². The monoisotopic (exact) mass is 218 g/mol. The fourth-order valence-corrected chi connectivity index (χ4v) is 1.25. The normalized spacial score (nSPS) is 11.6. The first-order valence-corrected chi connectivity index (χ1v) is 5.44. The second-order valence-corrected chi connectivity index (χ2v) is 4.94. The van der Waals surface area contributed by atoms with Crippen molar-refractivity contribution in [3.05, 3.63) is 0 Å². The predicted octanol–water partition coefficient (Wildman–Crippen LogP) is 2.91. The Balaban J connectivity index is 0. The molecule has 0 aliphatic carbocycles. The number of hydrogen-bond acceptors (Lipinski definition) is 3. The van der Waals surface area contributed by atoms with E-state index in [4.69, 9.17) is 0 Å². The zero-order valence-electron chi connectivity index (χ0n) is 9.83. The van der Waals surface area contributed by atoms with E-state index in [-0.39, 0.29) is 16.8 Å². The lowest BCUT2D eigenvalue weighted by atomic mass is 10.1. The van der Waals surface area contributed by atoms with Crippen LogP contribution < -0.4 is 0 Å². The zero-order valence-corrected chi connectivity index (χ0v) is 10.7. The van der Waals surface area contributed by atoms with E-state index in [1.807, 2.05) is 20.8 Å². The predicted molar refractivity (Wildman–Crippen MR) is 63.9 cm³/mol. The van der Waals surface area contributed by atoms with Gasteiger partial charge in [-0.05, 0) is 19.8 Å². The lowest BCUT2D eigenvalue weighted by molar-refractivity contribution is -0.118. The number of carbonyl (C=O) groups is 2. The molecule has 0 rings (SSSR count). The average molecular weight is 218 g/mol. The number of ketones is 2. The summed E-state index contributed by atoms with van der Waals surface area (Å²) in [6.45, 7) is 9.19. The molecule has 84 valence electrons. The summed E-state index contributed by atoms with van der Waals surface area (Å²) in [5, 5.41) is 0.220. The van der Waals surface area contributed by atoms with Crippen molar-refractivity contribution in [3.8, 4) is 0 Å². The molecule has 0 aliphatic heterocycles. The highest BCUT2D eigenvalue weighted by molar-refractivity contribution is 7.80. The van der Waals surface area contributed by atoms with E-state index < -0.39 is 0 Å². The second-order valence-electron chi connectivity index (χ2n) is 4.06. The largest absolute Gasteiger partial charge is 0.300 e. The van der Waals surface area contributed by atoms with Crippen molar-refractivity contribution in [1.82, 2.24) is 0 Å². The first-order valence-electron chi connectivity index (χ1n) is 4.92. The minimum absolute atomic E-state index is 0.211. The molecule has 0 aromatic heterocycles. The van der Waals surface area contributed by atoms with Crippen molar-refractivity contribution in [3.63, 3.8) is 0 Å². The van der Waals surface area contributed by atoms with Crippen LogP contribution in [0.2, 0.25) is 0 Å². The lowest BCUT2D eigenvalue weighted by Gasteiger charge is -1.95. The van der Waals surface area contributed by atoms with Crippen LogP contribution in [-0.4, -0.2) is 16.8 Å². The Morgan fingerprint density at radius 3 is 1.36 bits per heavy atom. The van der Waals surface area contributed by atoms with Crippen molar-refractivity contribution in [2.75, 3.05) is 0 Å². The third-order valence-electron chi connectivity index (χ3n) is 1.28. The number of hydrogen-bond donors (Lipinski definition) is 1. The van der Waals surface area contributed by atoms with Gasteiger partial charge in [-0.2, -0.15) is 12.6 Å². The van der Waals surface area contributed by atoms with Gasteiger partial charge in [-0.25, -0.2) is 0 Å². The molecular formula is C11H22O2S. The van der Waals surface area contributed by atoms with Gasteiger partial charge >= 0.3 is 0 Å². The van der Waals surface area contributed by atoms with Crippen LogP contribution in [0.4, 0.5) is 0 Å². The molecule has 0 bridgehead atoms. The van der Waals surface area contributed by atoms with E-state index in [1.165, 1.54) is 0 Å². The summed E-state index contributed by atoms with van der Waals surface area (Å²) in [6, 6.07) is 0. The van der Waals surface area contributed by atoms with Crippen LogP contribution in [0.1, 0.15) is 47.5 Å². The summed E-state index contributed by atoms with van der Waals surface area (Å²) in [5.41, 5.74) is 0. The van der Waals surface area contributed by atoms with E-state index in [2.05, 4.69) is 12.6 Å². The van der Waals surface area contributed by atoms with Crippen molar-refractivity contribution < 1.29 is 9.59 Å². The van der Waals surface area contributed by atoms with Crippen LogP contribution >= 0.6 is 12.6 Å². The van der Waals surface area contributed by atoms with Gasteiger partial charge in [0.1, 0.15) is 11.6 Å². The fraction of sp³-hybridized carbons (Fsp3) is 0.818. The minimum Gasteiger partial charge on any atom is -0.300 e. The van der Waals surface area contributed by atoms with Gasteiger partial charge in [-0.3, -0.25) is 4.79 Å². The highest BCUT2D eigenvalue weighted by Crippen LogP contribution is 1.98. The number of rotatable bonds is 4. The maximum atomic E-state index is 10.3. The summed E-state index contributed by atoms with van der Waals surface area (Å²) in [4.78, 5) is 20.5. The molecular weight excluding hydrogens is 196 g/mol. The van der Waals surface area contributed by atoms with Crippen LogP contribution in [-0.2, 0) is 9.59 Å². The average Bonchev–Trinajstić information content (AvgIpc) is 1.79. The van der Waals surface area contributed by atoms with Gasteiger partial charge in [-0.1, -0.05) is 20.8 Å². The summed E-state index contributed by atoms with van der Waals surface area (Å²) < 4.78 is 0. The van der Waals surface area contributed by atoms with Gasteiger partial charge in [-0.15, -0.1) is 0 Å². The molecule has 0 saturated heterocycles. The molecule has 14 heavy (non-hydrogen) atoms. The molecule has 2 nitrogen and oxygen atoms in total. The minimum atomic E-state index is 0.211. The molecule has 1 atom stereocenters. The van der Waals surface area contributed by atoms with Crippen LogP contribution in [0.25, 0.3) is 0 Å². The Bertz CT molecular complexity index is 154. The third kappa shape index (κ3) is 22.6. The number of carbonyl (C=O) groups excluding carboxylic acids is 2. The van der Waals surface area contributed by atoms with Gasteiger partial charge in [0.05, 0.1) is 0 Å². The Labute approximate surface area is 92.9 Å². The fourth-order valence-electron chi connectivity index (χ4n) is 0.991. The standard InChI is InChI=1S/C6H12O.C5H10OS/c1-5(2)4-6(3)7;1-4(6)3-5(2)7/h5H,4H2,1-3H3;5,7H,3H2,1-2H3. The maximum Gasteiger partial charge on any atom is 0.130 e. The van der Waals surface area contributed by atoms with E-state index in [1.54, 1.807) is 13.8 Å². The van der Waals surface area contributed by atoms with Crippen molar-refractivity contribution in [1.29, 1.82) is 0 Å². The molecule has 0 N–H and O–H groups in total. The molecule has 0 fully saturated rings. The van der Waals surface area contributed by atoms with E-state index in [0.29, 0.717) is 12.3 Å². The quantitative estimate of drug-likeness (QED) is 0.736. The summed E-state index contributed by atoms with van der Waals surface area (Å²) in [5.74, 6) is 1.02. The highest BCUT2D eigenvalue weighted by atomic mass is 32.1. The molecule has 1 unspecified atom stereocenters. The SMILES string of the molecule is CC(=O)CC(C)C.CC(=O)CC(C)S. The molecule has 0 aliphatic rings. The molecule has 3 heteroatoms. The van der Waals surface area contributed by atoms with E-state index in [9.17, 15) is 9.59 Å². The summed E-state index contributed by atoms with van der Waals surface area (Å²) in [7, 11) is 0. The van der Waals surface area contributed by atoms with Crippen molar-refractivity contribution in [2.45, 2.75) is 52.7 Å². The van der Waals surface area contributed by atoms with Gasteiger partial charge in [0.2, 0.25) is 0 Å². The molecule has 0 saturated carbocycles. The summed E-state index contributed by atoms with van der Waals surface area (Å²) in [6.07, 6.45) is 1.31. The van der Waals surface area contributed by atoms with Crippen LogP contribution in [0.5, 0.6) is 0 Å². The first kappa shape index (κ1) is 16.1. The number of thiol groups is 1. The Morgan fingerprint density at radius 2 is 1.36 bits per heavy atom. The number of Topliss-reactive ketones (excluding diaryl/α,β-unsaturated/α-hetero) is 2. The first-order chi connectivity index (χ1) is 6.25. The second kappa shape index (κ2) is 9.25. The Morgan fingerprint density at radius 1 is 1.00 bits per heavy atom. The van der Waals surface area contributed by atoms with Gasteiger partial charge in [0.15, 0.2) is 0 Å². The van der Waals surface area contributed by atoms with Crippen LogP contribution in [0.15, 0.2) is 0 Å². The van der Waals surface area contributed by atoms with Crippen molar-refractivity contribution in [2.24, 2.45) is 5.92 Å². The lowest BCUT2D eigenvalue weighted by Crippen LogP contribution is -1.98. The molecule has 0 radical (unpaired) electrons. The van der Waals surface area contributed by atoms with E-state index in [0.717, 1.165) is 6.42 Å². The van der Waals surface area contributed by atoms with E-state index >= 15 is 0 Å². The maximum absolute atomic E-state index is 10.3. The Kier molecular flexibility index (Phi) is 10.7. The topological polar surface area (TPSA) is 34.1 Å². The smallest absolute Gasteiger partial charge is 0.130 e. The van der Waals surface area contributed by atoms with Crippen molar-refractivity contribution >= 4 is 24.2 Å². The van der Waals surface area contributed by atoms with Gasteiger partial charge in [0.25, 0.3) is 0 Å². The van der Waals surface area contributed by atoms with Gasteiger partial charge in [0, 0.05) is 18.1 Å². The van der Waals surface area contributed by atoms with Crippen LogP contribution in [0.3, 0.4) is 0 Å². The highest BCUT2D eigenvalue weighted by Gasteiger charge is 1.96. The molecule has 0 aromatic rings.